The lowest BCUT2D eigenvalue weighted by Gasteiger charge is -2.15. The number of nitrogens with zero attached hydrogens (tertiary/aromatic N) is 1. The summed E-state index contributed by atoms with van der Waals surface area (Å²) in [5.41, 5.74) is 3.46. The maximum Gasteiger partial charge on any atom is 0.260 e. The molecule has 7 heteroatoms. The summed E-state index contributed by atoms with van der Waals surface area (Å²) in [6.07, 6.45) is 5.37. The third-order valence-electron chi connectivity index (χ3n) is 7.36. The van der Waals surface area contributed by atoms with Gasteiger partial charge in [0.25, 0.3) is 5.91 Å². The van der Waals surface area contributed by atoms with Gasteiger partial charge < -0.3 is 20.0 Å². The molecule has 186 valence electrons. The number of carbonyl (C=O) groups excluding carboxylic acids is 1. The van der Waals surface area contributed by atoms with Crippen molar-refractivity contribution in [3.8, 4) is 5.75 Å². The van der Waals surface area contributed by atoms with Crippen LogP contribution in [0.2, 0.25) is 0 Å². The number of fused-ring (bicyclic) bond motifs is 6. The second-order valence-electron chi connectivity index (χ2n) is 9.62. The summed E-state index contributed by atoms with van der Waals surface area (Å²) < 4.78 is 5.98. The van der Waals surface area contributed by atoms with Crippen LogP contribution in [0, 0.1) is 0 Å². The van der Waals surface area contributed by atoms with Crippen LogP contribution in [0.5, 0.6) is 5.75 Å². The number of rotatable bonds is 6. The highest BCUT2D eigenvalue weighted by Crippen LogP contribution is 2.38. The first-order valence-corrected chi connectivity index (χ1v) is 12.7. The quantitative estimate of drug-likeness (QED) is 0.265. The number of hydrogen-bond donors (Lipinski definition) is 3. The van der Waals surface area contributed by atoms with Crippen molar-refractivity contribution in [3.05, 3.63) is 95.0 Å². The number of aromatic nitrogens is 3. The van der Waals surface area contributed by atoms with Gasteiger partial charge in [-0.2, -0.15) is 0 Å². The highest BCUT2D eigenvalue weighted by molar-refractivity contribution is 6.33. The molecule has 1 amide bonds. The molecule has 0 aliphatic carbocycles. The summed E-state index contributed by atoms with van der Waals surface area (Å²) >= 11 is 0. The zero-order valence-corrected chi connectivity index (χ0v) is 20.7. The lowest BCUT2D eigenvalue weighted by Crippen LogP contribution is -2.37. The second-order valence-corrected chi connectivity index (χ2v) is 9.62. The van der Waals surface area contributed by atoms with Crippen LogP contribution in [0.15, 0.2) is 84.0 Å². The smallest absolute Gasteiger partial charge is 0.260 e. The zero-order valence-electron chi connectivity index (χ0n) is 20.7. The third-order valence-corrected chi connectivity index (χ3v) is 7.36. The average molecular weight is 501 g/mol. The van der Waals surface area contributed by atoms with Crippen LogP contribution in [0.25, 0.3) is 54.3 Å². The van der Waals surface area contributed by atoms with Crippen LogP contribution in [0.4, 0.5) is 0 Å². The number of carbonyl (C=O) groups is 1. The van der Waals surface area contributed by atoms with E-state index >= 15 is 0 Å². The molecule has 3 N–H and O–H groups in total. The van der Waals surface area contributed by atoms with Crippen LogP contribution in [-0.2, 0) is 11.2 Å². The Morgan fingerprint density at radius 2 is 1.71 bits per heavy atom. The van der Waals surface area contributed by atoms with Gasteiger partial charge in [0.1, 0.15) is 11.3 Å². The number of nitrogens with one attached hydrogen (secondary N) is 3. The van der Waals surface area contributed by atoms with Crippen molar-refractivity contribution in [1.29, 1.82) is 0 Å². The maximum atomic E-state index is 13.5. The predicted molar refractivity (Wildman–Crippen MR) is 151 cm³/mol. The molecule has 0 aliphatic rings. The molecule has 1 unspecified atom stereocenters. The minimum absolute atomic E-state index is 0.104. The van der Waals surface area contributed by atoms with Crippen molar-refractivity contribution in [2.75, 3.05) is 6.54 Å². The fraction of sp³-hybridized carbons (Fsp3) is 0.129. The van der Waals surface area contributed by atoms with E-state index in [2.05, 4.69) is 26.3 Å². The van der Waals surface area contributed by atoms with E-state index in [-0.39, 0.29) is 11.3 Å². The number of amides is 1. The highest BCUT2D eigenvalue weighted by atomic mass is 16.5. The first-order chi connectivity index (χ1) is 18.6. The highest BCUT2D eigenvalue weighted by Gasteiger charge is 2.20. The number of H-pyrrole nitrogens is 2. The molecule has 1 atom stereocenters. The Morgan fingerprint density at radius 3 is 2.58 bits per heavy atom. The van der Waals surface area contributed by atoms with Crippen molar-refractivity contribution in [2.24, 2.45) is 0 Å². The molecule has 3 aromatic heterocycles. The van der Waals surface area contributed by atoms with E-state index in [1.54, 1.807) is 6.92 Å². The number of hydrogen-bond acceptors (Lipinski definition) is 4. The van der Waals surface area contributed by atoms with Gasteiger partial charge in [-0.1, -0.05) is 42.5 Å². The van der Waals surface area contributed by atoms with E-state index in [1.165, 1.54) is 6.20 Å². The first kappa shape index (κ1) is 22.3. The summed E-state index contributed by atoms with van der Waals surface area (Å²) in [7, 11) is 0. The SMILES string of the molecule is CC(Oc1cnc2c(=O)c3c4ccccc4c4[nH]ccc(c2c1)c43)C(=O)NCCc1c[nH]c2ccccc12. The zero-order chi connectivity index (χ0) is 25.8. The lowest BCUT2D eigenvalue weighted by atomic mass is 10.0. The van der Waals surface area contributed by atoms with Gasteiger partial charge in [0.15, 0.2) is 6.10 Å². The predicted octanol–water partition coefficient (Wildman–Crippen LogP) is 5.43. The fourth-order valence-electron chi connectivity index (χ4n) is 5.56. The number of benzene rings is 3. The largest absolute Gasteiger partial charge is 0.479 e. The van der Waals surface area contributed by atoms with Crippen LogP contribution < -0.4 is 15.5 Å². The van der Waals surface area contributed by atoms with Crippen LogP contribution >= 0.6 is 0 Å². The molecule has 0 saturated heterocycles. The number of pyridine rings is 2. The van der Waals surface area contributed by atoms with E-state index in [1.807, 2.05) is 67.0 Å². The molecular formula is C31H24N4O3. The van der Waals surface area contributed by atoms with Crippen LogP contribution in [0.3, 0.4) is 0 Å². The van der Waals surface area contributed by atoms with Gasteiger partial charge in [-0.3, -0.25) is 9.59 Å². The van der Waals surface area contributed by atoms with E-state index in [0.29, 0.717) is 35.0 Å². The molecule has 38 heavy (non-hydrogen) atoms. The standard InChI is InChI=1S/C31H24N4O3/c1-17(31(37)33-12-10-18-15-34-25-9-5-4-6-20(18)25)38-19-14-24-22-11-13-32-28-23-8-3-2-7-21(23)27(26(22)28)30(36)29(24)35-16-19/h2-9,11,13-17,32,34H,10,12H2,1H3,(H,33,37). The molecule has 4 aromatic carbocycles. The molecule has 7 rings (SSSR count). The summed E-state index contributed by atoms with van der Waals surface area (Å²) in [6, 6.07) is 19.8. The van der Waals surface area contributed by atoms with Gasteiger partial charge in [-0.25, -0.2) is 4.98 Å². The number of para-hydroxylation sites is 1. The van der Waals surface area contributed by atoms with E-state index in [0.717, 1.165) is 43.5 Å². The Balaban J connectivity index is 1.15. The van der Waals surface area contributed by atoms with Gasteiger partial charge in [-0.05, 0) is 47.9 Å². The Morgan fingerprint density at radius 1 is 0.947 bits per heavy atom. The third kappa shape index (κ3) is 3.39. The Kier molecular flexibility index (Phi) is 5.04. The normalized spacial score (nSPS) is 12.7. The van der Waals surface area contributed by atoms with Crippen LogP contribution in [0.1, 0.15) is 12.5 Å². The summed E-state index contributed by atoms with van der Waals surface area (Å²) in [6.45, 7) is 2.21. The molecule has 7 aromatic rings. The van der Waals surface area contributed by atoms with Crippen molar-refractivity contribution in [3.63, 3.8) is 0 Å². The van der Waals surface area contributed by atoms with E-state index in [9.17, 15) is 9.59 Å². The lowest BCUT2D eigenvalue weighted by molar-refractivity contribution is -0.127. The Hall–Kier alpha value is -4.91. The fourth-order valence-corrected chi connectivity index (χ4v) is 5.56. The maximum absolute atomic E-state index is 13.5. The molecular weight excluding hydrogens is 476 g/mol. The van der Waals surface area contributed by atoms with Gasteiger partial charge in [0.2, 0.25) is 5.43 Å². The Labute approximate surface area is 216 Å². The summed E-state index contributed by atoms with van der Waals surface area (Å²) in [5, 5.41) is 9.26. The van der Waals surface area contributed by atoms with Crippen molar-refractivity contribution in [2.45, 2.75) is 19.4 Å². The average Bonchev–Trinajstić information content (AvgIpc) is 3.51. The summed E-state index contributed by atoms with van der Waals surface area (Å²) in [5.74, 6) is 0.233. The molecule has 0 radical (unpaired) electrons. The van der Waals surface area contributed by atoms with Crippen molar-refractivity contribution >= 4 is 60.2 Å². The topological polar surface area (TPSA) is 99.9 Å². The summed E-state index contributed by atoms with van der Waals surface area (Å²) in [4.78, 5) is 37.4. The minimum atomic E-state index is -0.724. The van der Waals surface area contributed by atoms with Crippen molar-refractivity contribution < 1.29 is 9.53 Å². The Bertz CT molecular complexity index is 2060. The number of aromatic amines is 2. The molecule has 0 fully saturated rings. The monoisotopic (exact) mass is 500 g/mol. The molecule has 0 saturated carbocycles. The minimum Gasteiger partial charge on any atom is -0.479 e. The van der Waals surface area contributed by atoms with Gasteiger partial charge >= 0.3 is 0 Å². The molecule has 0 aliphatic heterocycles. The molecule has 3 heterocycles. The molecule has 0 spiro atoms. The van der Waals surface area contributed by atoms with Gasteiger partial charge in [-0.15, -0.1) is 0 Å². The van der Waals surface area contributed by atoms with E-state index < -0.39 is 6.10 Å². The first-order valence-electron chi connectivity index (χ1n) is 12.7. The second kappa shape index (κ2) is 8.59. The van der Waals surface area contributed by atoms with Crippen molar-refractivity contribution in [1.82, 2.24) is 20.3 Å². The molecule has 7 nitrogen and oxygen atoms in total. The van der Waals surface area contributed by atoms with E-state index in [4.69, 9.17) is 4.74 Å². The van der Waals surface area contributed by atoms with Gasteiger partial charge in [0, 0.05) is 51.4 Å². The number of ether oxygens (including phenoxy) is 1. The van der Waals surface area contributed by atoms with Crippen LogP contribution in [-0.4, -0.2) is 33.5 Å². The van der Waals surface area contributed by atoms with Gasteiger partial charge in [0.05, 0.1) is 11.7 Å². The molecule has 0 bridgehead atoms.